The van der Waals surface area contributed by atoms with E-state index in [-0.39, 0.29) is 10.8 Å². The van der Waals surface area contributed by atoms with Crippen molar-refractivity contribution in [3.63, 3.8) is 0 Å². The first-order chi connectivity index (χ1) is 11.8. The largest absolute Gasteiger partial charge is 0.325 e. The molecule has 2 aromatic rings. The summed E-state index contributed by atoms with van der Waals surface area (Å²) in [7, 11) is -2.19. The van der Waals surface area contributed by atoms with Gasteiger partial charge < -0.3 is 5.32 Å². The van der Waals surface area contributed by atoms with E-state index in [0.717, 1.165) is 5.75 Å². The van der Waals surface area contributed by atoms with Gasteiger partial charge in [0.05, 0.1) is 10.6 Å². The van der Waals surface area contributed by atoms with Crippen molar-refractivity contribution in [1.82, 2.24) is 4.72 Å². The Bertz CT molecular complexity index is 847. The van der Waals surface area contributed by atoms with Crippen LogP contribution in [0.4, 0.5) is 5.69 Å². The van der Waals surface area contributed by atoms with Crippen molar-refractivity contribution in [2.75, 3.05) is 18.1 Å². The predicted octanol–water partition coefficient (Wildman–Crippen LogP) is 3.08. The van der Waals surface area contributed by atoms with Crippen molar-refractivity contribution in [3.8, 4) is 0 Å². The number of nitrogens with one attached hydrogen (secondary N) is 2. The molecule has 0 saturated carbocycles. The second kappa shape index (κ2) is 8.51. The molecule has 0 heterocycles. The Morgan fingerprint density at radius 1 is 1.08 bits per heavy atom. The van der Waals surface area contributed by atoms with E-state index in [9.17, 15) is 13.2 Å². The molecule has 0 atom stereocenters. The van der Waals surface area contributed by atoms with Crippen LogP contribution in [0.5, 0.6) is 0 Å². The fraction of sp³-hybridized carbons (Fsp3) is 0.278. The van der Waals surface area contributed by atoms with Crippen LogP contribution in [0.15, 0.2) is 47.4 Å². The summed E-state index contributed by atoms with van der Waals surface area (Å²) in [5.41, 5.74) is 3.47. The van der Waals surface area contributed by atoms with Crippen LogP contribution in [-0.4, -0.2) is 27.1 Å². The van der Waals surface area contributed by atoms with Gasteiger partial charge in [0.1, 0.15) is 0 Å². The van der Waals surface area contributed by atoms with Crippen molar-refractivity contribution in [3.05, 3.63) is 59.2 Å². The highest BCUT2D eigenvalue weighted by molar-refractivity contribution is 7.99. The van der Waals surface area contributed by atoms with Crippen molar-refractivity contribution in [2.45, 2.75) is 24.5 Å². The lowest BCUT2D eigenvalue weighted by atomic mass is 10.2. The highest BCUT2D eigenvalue weighted by atomic mass is 32.2. The summed E-state index contributed by atoms with van der Waals surface area (Å²) in [5, 5.41) is 2.75. The van der Waals surface area contributed by atoms with Crippen LogP contribution in [-0.2, 0) is 20.6 Å². The lowest BCUT2D eigenvalue weighted by Gasteiger charge is -2.10. The number of thioether (sulfide) groups is 1. The zero-order valence-corrected chi connectivity index (χ0v) is 16.1. The topological polar surface area (TPSA) is 75.3 Å². The third kappa shape index (κ3) is 5.59. The van der Waals surface area contributed by atoms with Gasteiger partial charge in [0.15, 0.2) is 0 Å². The number of anilines is 1. The number of hydrogen-bond donors (Lipinski definition) is 2. The van der Waals surface area contributed by atoms with Gasteiger partial charge in [0, 0.05) is 11.4 Å². The number of aryl methyl sites for hydroxylation is 2. The molecule has 0 unspecified atom stereocenters. The van der Waals surface area contributed by atoms with E-state index in [4.69, 9.17) is 0 Å². The molecule has 134 valence electrons. The molecule has 0 saturated heterocycles. The molecule has 0 aromatic heterocycles. The fourth-order valence-corrected chi connectivity index (χ4v) is 4.00. The maximum Gasteiger partial charge on any atom is 0.240 e. The zero-order chi connectivity index (χ0) is 18.4. The first-order valence-electron chi connectivity index (χ1n) is 7.79. The molecule has 25 heavy (non-hydrogen) atoms. The van der Waals surface area contributed by atoms with Crippen molar-refractivity contribution in [2.24, 2.45) is 0 Å². The van der Waals surface area contributed by atoms with E-state index in [1.807, 2.05) is 19.1 Å². The Morgan fingerprint density at radius 3 is 2.40 bits per heavy atom. The van der Waals surface area contributed by atoms with Crippen molar-refractivity contribution in [1.29, 1.82) is 0 Å². The molecular formula is C18H22N2O3S2. The van der Waals surface area contributed by atoms with Crippen LogP contribution in [0.25, 0.3) is 0 Å². The first-order valence-corrected chi connectivity index (χ1v) is 10.4. The molecule has 0 spiro atoms. The Hall–Kier alpha value is -1.83. The van der Waals surface area contributed by atoms with Gasteiger partial charge >= 0.3 is 0 Å². The van der Waals surface area contributed by atoms with Crippen LogP contribution < -0.4 is 10.0 Å². The standard InChI is InChI=1S/C18H22N2O3S2/c1-13-4-7-15(8-5-13)11-24-12-18(21)20-16-9-6-14(2)17(10-16)25(22,23)19-3/h4-10,19H,11-12H2,1-3H3,(H,20,21). The minimum absolute atomic E-state index is 0.159. The van der Waals surface area contributed by atoms with Gasteiger partial charge in [-0.2, -0.15) is 0 Å². The molecule has 7 heteroatoms. The highest BCUT2D eigenvalue weighted by Gasteiger charge is 2.15. The number of amides is 1. The molecule has 0 aliphatic carbocycles. The predicted molar refractivity (Wildman–Crippen MR) is 103 cm³/mol. The number of sulfonamides is 1. The van der Waals surface area contributed by atoms with Crippen molar-refractivity contribution >= 4 is 33.4 Å². The summed E-state index contributed by atoms with van der Waals surface area (Å²) in [5.74, 6) is 0.894. The highest BCUT2D eigenvalue weighted by Crippen LogP contribution is 2.20. The second-order valence-electron chi connectivity index (χ2n) is 5.71. The molecule has 2 rings (SSSR count). The Labute approximate surface area is 153 Å². The molecule has 0 aliphatic rings. The smallest absolute Gasteiger partial charge is 0.240 e. The van der Waals surface area contributed by atoms with E-state index >= 15 is 0 Å². The molecule has 0 bridgehead atoms. The molecule has 0 aliphatic heterocycles. The number of rotatable bonds is 7. The summed E-state index contributed by atoms with van der Waals surface area (Å²) in [6.07, 6.45) is 0. The number of hydrogen-bond acceptors (Lipinski definition) is 4. The van der Waals surface area contributed by atoms with E-state index in [0.29, 0.717) is 17.0 Å². The van der Waals surface area contributed by atoms with Gasteiger partial charge in [0.25, 0.3) is 0 Å². The normalized spacial score (nSPS) is 11.3. The van der Waals surface area contributed by atoms with Crippen molar-refractivity contribution < 1.29 is 13.2 Å². The minimum Gasteiger partial charge on any atom is -0.325 e. The van der Waals surface area contributed by atoms with E-state index < -0.39 is 10.0 Å². The molecule has 2 N–H and O–H groups in total. The molecular weight excluding hydrogens is 356 g/mol. The summed E-state index contributed by atoms with van der Waals surface area (Å²) in [4.78, 5) is 12.2. The first kappa shape index (κ1) is 19.5. The van der Waals surface area contributed by atoms with Crippen LogP contribution in [0.2, 0.25) is 0 Å². The summed E-state index contributed by atoms with van der Waals surface area (Å²) < 4.78 is 26.3. The van der Waals surface area contributed by atoms with Crippen LogP contribution >= 0.6 is 11.8 Å². The summed E-state index contributed by atoms with van der Waals surface area (Å²) in [6.45, 7) is 3.75. The van der Waals surface area contributed by atoms with E-state index in [1.54, 1.807) is 19.1 Å². The van der Waals surface area contributed by atoms with Gasteiger partial charge in [-0.05, 0) is 44.2 Å². The van der Waals surface area contributed by atoms with E-state index in [1.165, 1.54) is 36.0 Å². The summed E-state index contributed by atoms with van der Waals surface area (Å²) >= 11 is 1.51. The second-order valence-corrected chi connectivity index (χ2v) is 8.55. The summed E-state index contributed by atoms with van der Waals surface area (Å²) in [6, 6.07) is 13.1. The lowest BCUT2D eigenvalue weighted by Crippen LogP contribution is -2.20. The third-order valence-corrected chi connectivity index (χ3v) is 6.21. The lowest BCUT2D eigenvalue weighted by molar-refractivity contribution is -0.113. The average molecular weight is 379 g/mol. The Kier molecular flexibility index (Phi) is 6.64. The quantitative estimate of drug-likeness (QED) is 0.776. The van der Waals surface area contributed by atoms with Gasteiger partial charge in [-0.3, -0.25) is 4.79 Å². The Balaban J connectivity index is 1.94. The number of carbonyl (C=O) groups excluding carboxylic acids is 1. The molecule has 5 nitrogen and oxygen atoms in total. The van der Waals surface area contributed by atoms with Gasteiger partial charge in [0.2, 0.25) is 15.9 Å². The van der Waals surface area contributed by atoms with Gasteiger partial charge in [-0.1, -0.05) is 35.9 Å². The molecule has 1 amide bonds. The monoisotopic (exact) mass is 378 g/mol. The Morgan fingerprint density at radius 2 is 1.76 bits per heavy atom. The SMILES string of the molecule is CNS(=O)(=O)c1cc(NC(=O)CSCc2ccc(C)cc2)ccc1C. The molecule has 2 aromatic carbocycles. The van der Waals surface area contributed by atoms with E-state index in [2.05, 4.69) is 22.2 Å². The maximum absolute atomic E-state index is 12.1. The minimum atomic E-state index is -3.55. The van der Waals surface area contributed by atoms with Gasteiger partial charge in [-0.15, -0.1) is 11.8 Å². The number of benzene rings is 2. The molecule has 0 radical (unpaired) electrons. The average Bonchev–Trinajstić information content (AvgIpc) is 2.58. The van der Waals surface area contributed by atoms with Crippen LogP contribution in [0.3, 0.4) is 0 Å². The van der Waals surface area contributed by atoms with Crippen LogP contribution in [0, 0.1) is 13.8 Å². The fourth-order valence-electron chi connectivity index (χ4n) is 2.22. The zero-order valence-electron chi connectivity index (χ0n) is 14.5. The van der Waals surface area contributed by atoms with Crippen LogP contribution in [0.1, 0.15) is 16.7 Å². The maximum atomic E-state index is 12.1. The third-order valence-electron chi connectivity index (χ3n) is 3.65. The molecule has 0 fully saturated rings. The number of carbonyl (C=O) groups is 1. The van der Waals surface area contributed by atoms with Gasteiger partial charge in [-0.25, -0.2) is 13.1 Å².